The van der Waals surface area contributed by atoms with Crippen molar-refractivity contribution in [3.8, 4) is 0 Å². The Morgan fingerprint density at radius 1 is 1.53 bits per heavy atom. The average molecular weight is 234 g/mol. The van der Waals surface area contributed by atoms with Crippen LogP contribution in [0.2, 0.25) is 0 Å². The van der Waals surface area contributed by atoms with Crippen LogP contribution in [0.5, 0.6) is 0 Å². The fraction of sp³-hybridized carbons (Fsp3) is 0.538. The zero-order chi connectivity index (χ0) is 12.4. The number of likely N-dealkylation sites (tertiary alicyclic amines) is 1. The monoisotopic (exact) mass is 234 g/mol. The lowest BCUT2D eigenvalue weighted by Crippen LogP contribution is -2.26. The van der Waals surface area contributed by atoms with Crippen LogP contribution in [-0.4, -0.2) is 34.0 Å². The number of rotatable bonds is 3. The van der Waals surface area contributed by atoms with E-state index >= 15 is 0 Å². The van der Waals surface area contributed by atoms with Crippen LogP contribution in [0.3, 0.4) is 0 Å². The van der Waals surface area contributed by atoms with E-state index in [1.54, 1.807) is 6.20 Å². The summed E-state index contributed by atoms with van der Waals surface area (Å²) >= 11 is 0. The summed E-state index contributed by atoms with van der Waals surface area (Å²) in [5.74, 6) is -0.729. The van der Waals surface area contributed by atoms with Gasteiger partial charge in [0.2, 0.25) is 0 Å². The van der Waals surface area contributed by atoms with Crippen molar-refractivity contribution in [2.75, 3.05) is 13.1 Å². The van der Waals surface area contributed by atoms with Crippen LogP contribution < -0.4 is 0 Å². The van der Waals surface area contributed by atoms with Gasteiger partial charge < -0.3 is 5.11 Å². The summed E-state index contributed by atoms with van der Waals surface area (Å²) in [5.41, 5.74) is 1.01. The SMILES string of the molecule is CC(c1ccccn1)N1C[C@@H](C)[C@H](C(=O)O)C1. The van der Waals surface area contributed by atoms with Gasteiger partial charge >= 0.3 is 5.97 Å². The Labute approximate surface area is 101 Å². The molecule has 0 spiro atoms. The number of nitrogens with zero attached hydrogens (tertiary/aromatic N) is 2. The molecular formula is C13H18N2O2. The van der Waals surface area contributed by atoms with Gasteiger partial charge in [-0.3, -0.25) is 14.7 Å². The van der Waals surface area contributed by atoms with Gasteiger partial charge in [-0.2, -0.15) is 0 Å². The molecule has 1 saturated heterocycles. The van der Waals surface area contributed by atoms with Gasteiger partial charge in [0.15, 0.2) is 0 Å². The number of carboxylic acids is 1. The lowest BCUT2D eigenvalue weighted by molar-refractivity contribution is -0.142. The summed E-state index contributed by atoms with van der Waals surface area (Å²) < 4.78 is 0. The third-order valence-corrected chi connectivity index (χ3v) is 3.62. The number of aliphatic carboxylic acids is 1. The zero-order valence-electron chi connectivity index (χ0n) is 10.2. The van der Waals surface area contributed by atoms with Crippen LogP contribution in [0, 0.1) is 11.8 Å². The van der Waals surface area contributed by atoms with Gasteiger partial charge in [-0.05, 0) is 25.0 Å². The van der Waals surface area contributed by atoms with Crippen molar-refractivity contribution in [2.45, 2.75) is 19.9 Å². The van der Waals surface area contributed by atoms with Crippen molar-refractivity contribution < 1.29 is 9.90 Å². The molecular weight excluding hydrogens is 216 g/mol. The molecule has 0 bridgehead atoms. The molecule has 2 rings (SSSR count). The first kappa shape index (κ1) is 12.0. The van der Waals surface area contributed by atoms with Crippen molar-refractivity contribution >= 4 is 5.97 Å². The Balaban J connectivity index is 2.08. The normalized spacial score (nSPS) is 26.9. The van der Waals surface area contributed by atoms with Gasteiger partial charge in [0.1, 0.15) is 0 Å². The third kappa shape index (κ3) is 2.47. The highest BCUT2D eigenvalue weighted by Crippen LogP contribution is 2.30. The first-order chi connectivity index (χ1) is 8.09. The van der Waals surface area contributed by atoms with E-state index in [4.69, 9.17) is 5.11 Å². The molecule has 4 nitrogen and oxygen atoms in total. The van der Waals surface area contributed by atoms with E-state index in [-0.39, 0.29) is 17.9 Å². The highest BCUT2D eigenvalue weighted by atomic mass is 16.4. The number of aromatic nitrogens is 1. The summed E-state index contributed by atoms with van der Waals surface area (Å²) in [7, 11) is 0. The van der Waals surface area contributed by atoms with E-state index < -0.39 is 5.97 Å². The fourth-order valence-corrected chi connectivity index (χ4v) is 2.45. The first-order valence-corrected chi connectivity index (χ1v) is 5.97. The number of carboxylic acid groups (broad SMARTS) is 1. The molecule has 0 radical (unpaired) electrons. The van der Waals surface area contributed by atoms with Gasteiger partial charge in [0, 0.05) is 25.3 Å². The molecule has 0 saturated carbocycles. The summed E-state index contributed by atoms with van der Waals surface area (Å²) in [4.78, 5) is 17.6. The molecule has 4 heteroatoms. The number of carbonyl (C=O) groups is 1. The van der Waals surface area contributed by atoms with Crippen LogP contribution >= 0.6 is 0 Å². The maximum Gasteiger partial charge on any atom is 0.308 e. The standard InChI is InChI=1S/C13H18N2O2/c1-9-7-15(8-11(9)13(16)17)10(2)12-5-3-4-6-14-12/h3-6,9-11H,7-8H2,1-2H3,(H,16,17)/t9-,10?,11-/m1/s1. The van der Waals surface area contributed by atoms with Crippen LogP contribution in [0.25, 0.3) is 0 Å². The molecule has 0 aliphatic carbocycles. The summed E-state index contributed by atoms with van der Waals surface area (Å²) in [6.07, 6.45) is 1.78. The van der Waals surface area contributed by atoms with E-state index in [1.807, 2.05) is 25.1 Å². The predicted molar refractivity (Wildman–Crippen MR) is 64.5 cm³/mol. The lowest BCUT2D eigenvalue weighted by atomic mass is 9.99. The number of hydrogen-bond donors (Lipinski definition) is 1. The molecule has 1 N–H and O–H groups in total. The van der Waals surface area contributed by atoms with Gasteiger partial charge in [-0.15, -0.1) is 0 Å². The second kappa shape index (κ2) is 4.84. The molecule has 17 heavy (non-hydrogen) atoms. The van der Waals surface area contributed by atoms with Gasteiger partial charge in [-0.1, -0.05) is 13.0 Å². The maximum absolute atomic E-state index is 11.1. The topological polar surface area (TPSA) is 53.4 Å². The van der Waals surface area contributed by atoms with Crippen LogP contribution in [0.15, 0.2) is 24.4 Å². The summed E-state index contributed by atoms with van der Waals surface area (Å²) in [6.45, 7) is 5.53. The Kier molecular flexibility index (Phi) is 3.43. The van der Waals surface area contributed by atoms with Gasteiger partial charge in [-0.25, -0.2) is 0 Å². The third-order valence-electron chi connectivity index (χ3n) is 3.62. The van der Waals surface area contributed by atoms with Crippen molar-refractivity contribution in [3.63, 3.8) is 0 Å². The number of hydrogen-bond acceptors (Lipinski definition) is 3. The second-order valence-corrected chi connectivity index (χ2v) is 4.81. The predicted octanol–water partition coefficient (Wildman–Crippen LogP) is 1.80. The first-order valence-electron chi connectivity index (χ1n) is 5.97. The molecule has 1 aromatic heterocycles. The molecule has 1 unspecified atom stereocenters. The van der Waals surface area contributed by atoms with E-state index in [0.717, 1.165) is 12.2 Å². The zero-order valence-corrected chi connectivity index (χ0v) is 10.2. The van der Waals surface area contributed by atoms with Crippen LogP contribution in [0.1, 0.15) is 25.6 Å². The second-order valence-electron chi connectivity index (χ2n) is 4.81. The van der Waals surface area contributed by atoms with Crippen molar-refractivity contribution in [1.29, 1.82) is 0 Å². The lowest BCUT2D eigenvalue weighted by Gasteiger charge is -2.23. The summed E-state index contributed by atoms with van der Waals surface area (Å²) in [5, 5.41) is 9.11. The molecule has 1 fully saturated rings. The van der Waals surface area contributed by atoms with Crippen molar-refractivity contribution in [1.82, 2.24) is 9.88 Å². The fourth-order valence-electron chi connectivity index (χ4n) is 2.45. The Morgan fingerprint density at radius 2 is 2.29 bits per heavy atom. The molecule has 2 heterocycles. The highest BCUT2D eigenvalue weighted by molar-refractivity contribution is 5.71. The smallest absolute Gasteiger partial charge is 0.308 e. The molecule has 1 aromatic rings. The Hall–Kier alpha value is -1.42. The van der Waals surface area contributed by atoms with Crippen LogP contribution in [-0.2, 0) is 4.79 Å². The maximum atomic E-state index is 11.1. The summed E-state index contributed by atoms with van der Waals surface area (Å²) in [6, 6.07) is 6.03. The van der Waals surface area contributed by atoms with Crippen molar-refractivity contribution in [2.24, 2.45) is 11.8 Å². The van der Waals surface area contributed by atoms with E-state index in [2.05, 4.69) is 16.8 Å². The molecule has 1 aliphatic heterocycles. The molecule has 1 aliphatic rings. The molecule has 92 valence electrons. The van der Waals surface area contributed by atoms with Crippen molar-refractivity contribution in [3.05, 3.63) is 30.1 Å². The molecule has 0 aromatic carbocycles. The van der Waals surface area contributed by atoms with Crippen LogP contribution in [0.4, 0.5) is 0 Å². The highest BCUT2D eigenvalue weighted by Gasteiger charge is 2.37. The largest absolute Gasteiger partial charge is 0.481 e. The van der Waals surface area contributed by atoms with Gasteiger partial charge in [0.05, 0.1) is 11.6 Å². The van der Waals surface area contributed by atoms with E-state index in [1.165, 1.54) is 0 Å². The molecule has 0 amide bonds. The number of pyridine rings is 1. The minimum atomic E-state index is -0.687. The molecule has 3 atom stereocenters. The quantitative estimate of drug-likeness (QED) is 0.866. The minimum absolute atomic E-state index is 0.183. The van der Waals surface area contributed by atoms with E-state index in [0.29, 0.717) is 6.54 Å². The Bertz CT molecular complexity index is 394. The van der Waals surface area contributed by atoms with E-state index in [9.17, 15) is 4.79 Å². The Morgan fingerprint density at radius 3 is 2.82 bits per heavy atom. The average Bonchev–Trinajstić information content (AvgIpc) is 2.71. The minimum Gasteiger partial charge on any atom is -0.481 e. The van der Waals surface area contributed by atoms with Gasteiger partial charge in [0.25, 0.3) is 0 Å².